The monoisotopic (exact) mass is 368 g/mol. The van der Waals surface area contributed by atoms with Crippen molar-refractivity contribution in [1.82, 2.24) is 10.2 Å². The Morgan fingerprint density at radius 3 is 2.81 bits per heavy atom. The second kappa shape index (κ2) is 9.19. The number of carbonyl (C=O) groups is 2. The Bertz CT molecular complexity index is 781. The summed E-state index contributed by atoms with van der Waals surface area (Å²) >= 11 is 0. The number of ether oxygens (including phenoxy) is 1. The highest BCUT2D eigenvalue weighted by Gasteiger charge is 2.26. The molecule has 1 N–H and O–H groups in total. The number of likely N-dealkylation sites (tertiary alicyclic amines) is 1. The van der Waals surface area contributed by atoms with Gasteiger partial charge in [-0.15, -0.1) is 0 Å². The number of hydrogen-bond acceptors (Lipinski definition) is 5. The highest BCUT2D eigenvalue weighted by atomic mass is 16.5. The van der Waals surface area contributed by atoms with Gasteiger partial charge < -0.3 is 14.5 Å². The van der Waals surface area contributed by atoms with E-state index < -0.39 is 0 Å². The van der Waals surface area contributed by atoms with E-state index in [1.54, 1.807) is 43.7 Å². The lowest BCUT2D eigenvalue weighted by Crippen LogP contribution is -2.33. The van der Waals surface area contributed by atoms with E-state index in [0.29, 0.717) is 12.2 Å². The highest BCUT2D eigenvalue weighted by Crippen LogP contribution is 2.20. The van der Waals surface area contributed by atoms with E-state index in [4.69, 9.17) is 9.15 Å². The summed E-state index contributed by atoms with van der Waals surface area (Å²) in [5, 5.41) is 2.57. The van der Waals surface area contributed by atoms with Crippen molar-refractivity contribution >= 4 is 18.0 Å². The Morgan fingerprint density at radius 1 is 1.30 bits per heavy atom. The molecule has 1 saturated heterocycles. The predicted octanol–water partition coefficient (Wildman–Crippen LogP) is 2.86. The number of hydrogen-bond donors (Lipinski definition) is 1. The average Bonchev–Trinajstić information content (AvgIpc) is 3.37. The summed E-state index contributed by atoms with van der Waals surface area (Å²) in [6.07, 6.45) is 6.88. The molecule has 1 aliphatic rings. The van der Waals surface area contributed by atoms with Gasteiger partial charge >= 0.3 is 5.97 Å². The van der Waals surface area contributed by atoms with Crippen LogP contribution in [0.5, 0.6) is 0 Å². The van der Waals surface area contributed by atoms with Crippen molar-refractivity contribution < 1.29 is 18.7 Å². The Hall–Kier alpha value is -2.86. The van der Waals surface area contributed by atoms with Crippen LogP contribution in [-0.4, -0.2) is 43.0 Å². The van der Waals surface area contributed by atoms with Crippen LogP contribution in [-0.2, 0) is 16.1 Å². The molecule has 0 spiro atoms. The molecular weight excluding hydrogens is 344 g/mol. The fourth-order valence-corrected chi connectivity index (χ4v) is 3.18. The second-order valence-electron chi connectivity index (χ2n) is 6.51. The average molecular weight is 368 g/mol. The molecular formula is C21H24N2O4. The molecule has 1 aromatic heterocycles. The quantitative estimate of drug-likeness (QED) is 0.601. The summed E-state index contributed by atoms with van der Waals surface area (Å²) in [6.45, 7) is 2.10. The van der Waals surface area contributed by atoms with Gasteiger partial charge in [-0.1, -0.05) is 12.1 Å². The largest absolute Gasteiger partial charge is 0.468 e. The molecule has 2 aromatic rings. The summed E-state index contributed by atoms with van der Waals surface area (Å²) in [5.74, 6) is 0.421. The topological polar surface area (TPSA) is 71.8 Å². The fourth-order valence-electron chi connectivity index (χ4n) is 3.18. The Morgan fingerprint density at radius 2 is 2.11 bits per heavy atom. The summed E-state index contributed by atoms with van der Waals surface area (Å²) < 4.78 is 10.8. The summed E-state index contributed by atoms with van der Waals surface area (Å²) in [4.78, 5) is 25.8. The van der Waals surface area contributed by atoms with E-state index in [1.165, 1.54) is 6.08 Å². The maximum atomic E-state index is 12.0. The summed E-state index contributed by atoms with van der Waals surface area (Å²) in [6, 6.07) is 11.1. The van der Waals surface area contributed by atoms with Crippen molar-refractivity contribution in [2.75, 3.05) is 20.2 Å². The van der Waals surface area contributed by atoms with Gasteiger partial charge in [0.15, 0.2) is 0 Å². The Kier molecular flexibility index (Phi) is 6.44. The molecule has 6 heteroatoms. The van der Waals surface area contributed by atoms with Crippen LogP contribution in [0.2, 0.25) is 0 Å². The molecule has 142 valence electrons. The third-order valence-electron chi connectivity index (χ3n) is 4.67. The van der Waals surface area contributed by atoms with Gasteiger partial charge in [-0.2, -0.15) is 0 Å². The van der Waals surface area contributed by atoms with E-state index in [1.807, 2.05) is 12.1 Å². The van der Waals surface area contributed by atoms with Gasteiger partial charge in [0.05, 0.1) is 12.8 Å². The van der Waals surface area contributed by atoms with E-state index in [2.05, 4.69) is 10.2 Å². The van der Waals surface area contributed by atoms with E-state index in [-0.39, 0.29) is 17.9 Å². The normalized spacial score (nSPS) is 17.3. The highest BCUT2D eigenvalue weighted by molar-refractivity contribution is 5.94. The van der Waals surface area contributed by atoms with Gasteiger partial charge in [0.1, 0.15) is 12.4 Å². The van der Waals surface area contributed by atoms with E-state index >= 15 is 0 Å². The van der Waals surface area contributed by atoms with Gasteiger partial charge in [0, 0.05) is 24.7 Å². The first-order valence-electron chi connectivity index (χ1n) is 9.09. The molecule has 2 heterocycles. The van der Waals surface area contributed by atoms with Crippen molar-refractivity contribution in [3.8, 4) is 0 Å². The maximum absolute atomic E-state index is 12.0. The van der Waals surface area contributed by atoms with Gasteiger partial charge in [0.25, 0.3) is 5.91 Å². The number of amides is 1. The fraction of sp³-hybridized carbons (Fsp3) is 0.333. The summed E-state index contributed by atoms with van der Waals surface area (Å²) in [5.41, 5.74) is 1.41. The molecule has 3 rings (SSSR count). The molecule has 0 radical (unpaired) electrons. The number of nitrogens with zero attached hydrogens (tertiary/aromatic N) is 1. The number of nitrogens with one attached hydrogen (secondary N) is 1. The Balaban J connectivity index is 1.47. The molecule has 0 bridgehead atoms. The van der Waals surface area contributed by atoms with Crippen molar-refractivity contribution in [2.45, 2.75) is 25.4 Å². The Labute approximate surface area is 158 Å². The zero-order valence-electron chi connectivity index (χ0n) is 15.4. The van der Waals surface area contributed by atoms with Crippen molar-refractivity contribution in [2.24, 2.45) is 0 Å². The lowest BCUT2D eigenvalue weighted by Gasteiger charge is -2.22. The van der Waals surface area contributed by atoms with Gasteiger partial charge in [-0.3, -0.25) is 9.69 Å². The van der Waals surface area contributed by atoms with Crippen molar-refractivity contribution in [1.29, 1.82) is 0 Å². The molecule has 1 fully saturated rings. The third kappa shape index (κ3) is 5.31. The number of carbonyl (C=O) groups excluding carboxylic acids is 2. The lowest BCUT2D eigenvalue weighted by molar-refractivity contribution is -0.139. The van der Waals surface area contributed by atoms with Gasteiger partial charge in [-0.05, 0) is 55.3 Å². The SMILES string of the molecule is CNC(=O)c1ccc(C=CC(=O)OCC2CCCN2Cc2ccco2)cc1. The van der Waals surface area contributed by atoms with Gasteiger partial charge in [0.2, 0.25) is 0 Å². The predicted molar refractivity (Wildman–Crippen MR) is 102 cm³/mol. The molecule has 1 aliphatic heterocycles. The van der Waals surface area contributed by atoms with Crippen LogP contribution >= 0.6 is 0 Å². The van der Waals surface area contributed by atoms with Crippen LogP contribution in [0.25, 0.3) is 6.08 Å². The van der Waals surface area contributed by atoms with Crippen LogP contribution in [0.1, 0.15) is 34.5 Å². The standard InChI is InChI=1S/C21H24N2O4/c1-22-21(25)17-9-6-16(7-10-17)8-11-20(24)27-15-18-4-2-12-23(18)14-19-5-3-13-26-19/h3,5-11,13,18H,2,4,12,14-15H2,1H3,(H,22,25). The minimum absolute atomic E-state index is 0.138. The van der Waals surface area contributed by atoms with E-state index in [0.717, 1.165) is 37.3 Å². The minimum Gasteiger partial charge on any atom is -0.468 e. The smallest absolute Gasteiger partial charge is 0.330 e. The zero-order valence-corrected chi connectivity index (χ0v) is 15.4. The summed E-state index contributed by atoms with van der Waals surface area (Å²) in [7, 11) is 1.59. The molecule has 0 aliphatic carbocycles. The first-order chi connectivity index (χ1) is 13.2. The maximum Gasteiger partial charge on any atom is 0.330 e. The number of benzene rings is 1. The molecule has 1 unspecified atom stereocenters. The van der Waals surface area contributed by atoms with Crippen molar-refractivity contribution in [3.05, 3.63) is 65.6 Å². The van der Waals surface area contributed by atoms with Crippen LogP contribution in [0, 0.1) is 0 Å². The zero-order chi connectivity index (χ0) is 19.1. The van der Waals surface area contributed by atoms with Gasteiger partial charge in [-0.25, -0.2) is 4.79 Å². The molecule has 27 heavy (non-hydrogen) atoms. The lowest BCUT2D eigenvalue weighted by atomic mass is 10.1. The van der Waals surface area contributed by atoms with Crippen LogP contribution in [0.4, 0.5) is 0 Å². The van der Waals surface area contributed by atoms with E-state index in [9.17, 15) is 9.59 Å². The number of furan rings is 1. The first-order valence-corrected chi connectivity index (χ1v) is 9.09. The minimum atomic E-state index is -0.366. The third-order valence-corrected chi connectivity index (χ3v) is 4.67. The molecule has 1 atom stereocenters. The van der Waals surface area contributed by atoms with Crippen LogP contribution in [0.3, 0.4) is 0 Å². The first kappa shape index (κ1) is 18.9. The number of rotatable bonds is 7. The number of esters is 1. The second-order valence-corrected chi connectivity index (χ2v) is 6.51. The van der Waals surface area contributed by atoms with Crippen molar-refractivity contribution in [3.63, 3.8) is 0 Å². The van der Waals surface area contributed by atoms with Crippen LogP contribution in [0.15, 0.2) is 53.2 Å². The molecule has 1 amide bonds. The molecule has 6 nitrogen and oxygen atoms in total. The molecule has 1 aromatic carbocycles. The molecule has 0 saturated carbocycles. The van der Waals surface area contributed by atoms with Crippen LogP contribution < -0.4 is 5.32 Å².